The third-order valence-corrected chi connectivity index (χ3v) is 7.69. The predicted molar refractivity (Wildman–Crippen MR) is 174 cm³/mol. The van der Waals surface area contributed by atoms with Crippen LogP contribution in [-0.4, -0.2) is 29.4 Å². The molecule has 0 bridgehead atoms. The van der Waals surface area contributed by atoms with Crippen LogP contribution in [-0.2, 0) is 22.4 Å². The number of aromatic amines is 1. The van der Waals surface area contributed by atoms with Gasteiger partial charge < -0.3 is 15.6 Å². The zero-order chi connectivity index (χ0) is 29.7. The van der Waals surface area contributed by atoms with E-state index in [1.807, 2.05) is 72.9 Å². The van der Waals surface area contributed by atoms with Gasteiger partial charge in [-0.15, -0.1) is 6.58 Å². The lowest BCUT2D eigenvalue weighted by Gasteiger charge is -2.27. The van der Waals surface area contributed by atoms with Crippen molar-refractivity contribution in [1.29, 1.82) is 0 Å². The number of fused-ring (bicyclic) bond motifs is 1. The molecule has 1 aromatic heterocycles. The minimum absolute atomic E-state index is 0.0535. The number of allylic oxidation sites excluding steroid dienone is 2. The van der Waals surface area contributed by atoms with Gasteiger partial charge in [0.1, 0.15) is 6.04 Å². The van der Waals surface area contributed by atoms with Gasteiger partial charge in [0.25, 0.3) is 0 Å². The van der Waals surface area contributed by atoms with Crippen LogP contribution in [0.2, 0.25) is 0 Å². The zero-order valence-electron chi connectivity index (χ0n) is 24.8. The van der Waals surface area contributed by atoms with Crippen molar-refractivity contribution in [2.24, 2.45) is 17.8 Å². The summed E-state index contributed by atoms with van der Waals surface area (Å²) in [7, 11) is 0. The van der Waals surface area contributed by atoms with Crippen molar-refractivity contribution in [2.45, 2.75) is 45.6 Å². The van der Waals surface area contributed by atoms with Crippen molar-refractivity contribution >= 4 is 28.8 Å². The van der Waals surface area contributed by atoms with E-state index in [4.69, 9.17) is 0 Å². The highest BCUT2D eigenvalue weighted by molar-refractivity contribution is 5.90. The van der Waals surface area contributed by atoms with Gasteiger partial charge >= 0.3 is 0 Å². The van der Waals surface area contributed by atoms with Crippen LogP contribution in [0.3, 0.4) is 0 Å². The Hall–Kier alpha value is -4.38. The molecule has 4 rings (SSSR count). The van der Waals surface area contributed by atoms with Gasteiger partial charge in [-0.25, -0.2) is 0 Å². The number of hydrogen-bond donors (Lipinski definition) is 3. The molecule has 4 aromatic rings. The number of carbonyl (C=O) groups is 2. The number of benzene rings is 3. The van der Waals surface area contributed by atoms with Gasteiger partial charge in [-0.3, -0.25) is 9.59 Å². The maximum atomic E-state index is 13.9. The molecule has 0 aliphatic rings. The number of para-hydroxylation sites is 1. The van der Waals surface area contributed by atoms with Gasteiger partial charge in [-0.1, -0.05) is 111 Å². The van der Waals surface area contributed by atoms with Crippen molar-refractivity contribution in [3.8, 4) is 0 Å². The number of H-pyrrole nitrogens is 1. The molecule has 0 spiro atoms. The Labute approximate surface area is 250 Å². The monoisotopic (exact) mass is 561 g/mol. The van der Waals surface area contributed by atoms with Crippen LogP contribution in [0.1, 0.15) is 43.4 Å². The topological polar surface area (TPSA) is 74.0 Å². The first-order chi connectivity index (χ1) is 20.4. The fraction of sp³-hybridized carbons (Fsp3) is 0.297. The van der Waals surface area contributed by atoms with Crippen LogP contribution in [0.4, 0.5) is 0 Å². The van der Waals surface area contributed by atoms with E-state index in [9.17, 15) is 9.59 Å². The van der Waals surface area contributed by atoms with E-state index >= 15 is 0 Å². The van der Waals surface area contributed by atoms with Crippen molar-refractivity contribution in [3.05, 3.63) is 127 Å². The average Bonchev–Trinajstić information content (AvgIpc) is 3.41. The second-order valence-electron chi connectivity index (χ2n) is 11.3. The van der Waals surface area contributed by atoms with Gasteiger partial charge in [-0.2, -0.15) is 0 Å². The molecule has 0 radical (unpaired) electrons. The van der Waals surface area contributed by atoms with Crippen molar-refractivity contribution < 1.29 is 9.59 Å². The first-order valence-electron chi connectivity index (χ1n) is 15.0. The summed E-state index contributed by atoms with van der Waals surface area (Å²) in [5, 5.41) is 7.30. The minimum Gasteiger partial charge on any atom is -0.361 e. The Bertz CT molecular complexity index is 1460. The summed E-state index contributed by atoms with van der Waals surface area (Å²) in [4.78, 5) is 30.8. The molecule has 2 amide bonds. The second-order valence-corrected chi connectivity index (χ2v) is 11.3. The molecule has 0 aliphatic carbocycles. The third-order valence-electron chi connectivity index (χ3n) is 7.69. The number of hydrogen-bond acceptors (Lipinski definition) is 2. The normalized spacial score (nSPS) is 13.6. The molecule has 5 heteroatoms. The van der Waals surface area contributed by atoms with Crippen LogP contribution >= 0.6 is 0 Å². The summed E-state index contributed by atoms with van der Waals surface area (Å²) in [6.07, 6.45) is 10.5. The quantitative estimate of drug-likeness (QED) is 0.135. The molecular weight excluding hydrogens is 518 g/mol. The summed E-state index contributed by atoms with van der Waals surface area (Å²) in [5.74, 6) is -0.322. The molecule has 1 heterocycles. The molecule has 0 saturated heterocycles. The van der Waals surface area contributed by atoms with E-state index in [0.29, 0.717) is 31.7 Å². The summed E-state index contributed by atoms with van der Waals surface area (Å²) in [6, 6.07) is 27.5. The van der Waals surface area contributed by atoms with Gasteiger partial charge in [-0.05, 0) is 53.9 Å². The maximum absolute atomic E-state index is 13.9. The smallest absolute Gasteiger partial charge is 0.242 e. The molecule has 3 aromatic carbocycles. The van der Waals surface area contributed by atoms with Crippen LogP contribution < -0.4 is 10.6 Å². The molecule has 0 aliphatic heterocycles. The lowest BCUT2D eigenvalue weighted by Crippen LogP contribution is -2.50. The summed E-state index contributed by atoms with van der Waals surface area (Å²) < 4.78 is 0. The van der Waals surface area contributed by atoms with E-state index in [1.54, 1.807) is 0 Å². The predicted octanol–water partition coefficient (Wildman–Crippen LogP) is 7.12. The van der Waals surface area contributed by atoms with E-state index in [0.717, 1.165) is 34.0 Å². The van der Waals surface area contributed by atoms with Crippen molar-refractivity contribution in [3.63, 3.8) is 0 Å². The first kappa shape index (κ1) is 30.6. The minimum atomic E-state index is -0.701. The Morgan fingerprint density at radius 3 is 2.31 bits per heavy atom. The summed E-state index contributed by atoms with van der Waals surface area (Å²) in [6.45, 7) is 8.83. The van der Waals surface area contributed by atoms with E-state index in [2.05, 4.69) is 72.5 Å². The number of amides is 2. The number of rotatable bonds is 15. The van der Waals surface area contributed by atoms with Crippen LogP contribution in [0.5, 0.6) is 0 Å². The van der Waals surface area contributed by atoms with Crippen molar-refractivity contribution in [1.82, 2.24) is 15.6 Å². The average molecular weight is 562 g/mol. The van der Waals surface area contributed by atoms with Crippen molar-refractivity contribution in [2.75, 3.05) is 6.54 Å². The zero-order valence-corrected chi connectivity index (χ0v) is 24.8. The molecule has 0 saturated carbocycles. The van der Waals surface area contributed by atoms with Gasteiger partial charge in [0.2, 0.25) is 11.8 Å². The van der Waals surface area contributed by atoms with E-state index < -0.39 is 6.04 Å². The highest BCUT2D eigenvalue weighted by Crippen LogP contribution is 2.27. The van der Waals surface area contributed by atoms with E-state index in [1.165, 1.54) is 0 Å². The summed E-state index contributed by atoms with van der Waals surface area (Å²) >= 11 is 0. The molecule has 3 N–H and O–H groups in total. The van der Waals surface area contributed by atoms with Gasteiger partial charge in [0, 0.05) is 36.0 Å². The molecular formula is C37H43N3O2. The Morgan fingerprint density at radius 1 is 0.905 bits per heavy atom. The fourth-order valence-corrected chi connectivity index (χ4v) is 5.44. The molecule has 0 fully saturated rings. The number of aromatic nitrogens is 1. The van der Waals surface area contributed by atoms with Crippen LogP contribution in [0, 0.1) is 17.8 Å². The first-order valence-corrected chi connectivity index (χ1v) is 15.0. The third kappa shape index (κ3) is 8.81. The Kier molecular flexibility index (Phi) is 11.3. The number of nitrogens with one attached hydrogen (secondary N) is 3. The number of carbonyl (C=O) groups excluding carboxylic acids is 2. The SMILES string of the molecule is C=C[C@@H](C/C=C/c1ccccc1)[C@@H](CC(C)C)C(=O)N[C@@H](Cc1c[nH]c2ccccc12)C(=O)NCCc1ccccc1. The lowest BCUT2D eigenvalue weighted by molar-refractivity contribution is -0.132. The Balaban J connectivity index is 1.51. The van der Waals surface area contributed by atoms with Crippen LogP contribution in [0.25, 0.3) is 17.0 Å². The molecule has 218 valence electrons. The molecule has 42 heavy (non-hydrogen) atoms. The standard InChI is InChI=1S/C37H43N3O2/c1-4-30(19-13-18-28-14-7-5-8-15-28)33(24-27(2)3)36(41)40-35(25-31-26-39-34-21-12-11-20-32(31)34)37(42)38-23-22-29-16-9-6-10-17-29/h4-18,20-21,26-27,30,33,35,39H,1,19,22-25H2,2-3H3,(H,38,42)(H,40,41)/b18-13+/t30-,33+,35-/m0/s1. The lowest BCUT2D eigenvalue weighted by atomic mass is 9.82. The van der Waals surface area contributed by atoms with E-state index in [-0.39, 0.29) is 23.7 Å². The largest absolute Gasteiger partial charge is 0.361 e. The fourth-order valence-electron chi connectivity index (χ4n) is 5.44. The maximum Gasteiger partial charge on any atom is 0.242 e. The molecule has 0 unspecified atom stereocenters. The van der Waals surface area contributed by atoms with Gasteiger partial charge in [0.15, 0.2) is 0 Å². The molecule has 5 nitrogen and oxygen atoms in total. The molecule has 3 atom stereocenters. The highest BCUT2D eigenvalue weighted by Gasteiger charge is 2.30. The Morgan fingerprint density at radius 2 is 1.60 bits per heavy atom. The van der Waals surface area contributed by atoms with Gasteiger partial charge in [0.05, 0.1) is 0 Å². The highest BCUT2D eigenvalue weighted by atomic mass is 16.2. The van der Waals surface area contributed by atoms with Crippen LogP contribution in [0.15, 0.2) is 110 Å². The second kappa shape index (κ2) is 15.6. The summed E-state index contributed by atoms with van der Waals surface area (Å²) in [5.41, 5.74) is 4.29.